The zero-order valence-corrected chi connectivity index (χ0v) is 12.7. The van der Waals surface area contributed by atoms with Gasteiger partial charge >= 0.3 is 0 Å². The predicted molar refractivity (Wildman–Crippen MR) is 85.1 cm³/mol. The van der Waals surface area contributed by atoms with Gasteiger partial charge in [0.15, 0.2) is 5.82 Å². The number of aromatic amines is 1. The fourth-order valence-electron chi connectivity index (χ4n) is 2.10. The van der Waals surface area contributed by atoms with E-state index in [2.05, 4.69) is 20.8 Å². The van der Waals surface area contributed by atoms with Crippen LogP contribution in [0.5, 0.6) is 5.88 Å². The number of hydrogen-bond acceptors (Lipinski definition) is 4. The molecule has 0 unspecified atom stereocenters. The highest BCUT2D eigenvalue weighted by molar-refractivity contribution is 6.38. The molecule has 118 valence electrons. The van der Waals surface area contributed by atoms with Crippen LogP contribution in [-0.2, 0) is 0 Å². The van der Waals surface area contributed by atoms with Crippen molar-refractivity contribution < 1.29 is 13.9 Å². The van der Waals surface area contributed by atoms with Crippen LogP contribution in [0.15, 0.2) is 36.5 Å². The fourth-order valence-corrected chi connectivity index (χ4v) is 2.40. The van der Waals surface area contributed by atoms with E-state index in [9.17, 15) is 9.18 Å². The molecular weight excluding hydrogens is 323 g/mol. The first-order chi connectivity index (χ1) is 11.1. The van der Waals surface area contributed by atoms with E-state index in [1.165, 1.54) is 13.3 Å². The second kappa shape index (κ2) is 6.13. The summed E-state index contributed by atoms with van der Waals surface area (Å²) < 4.78 is 18.3. The number of amides is 1. The average molecular weight is 335 g/mol. The number of carbonyl (C=O) groups excluding carboxylic acids is 1. The summed E-state index contributed by atoms with van der Waals surface area (Å²) in [5.41, 5.74) is 6.23. The Hall–Kier alpha value is -2.80. The van der Waals surface area contributed by atoms with Crippen molar-refractivity contribution in [2.75, 3.05) is 12.5 Å². The minimum absolute atomic E-state index is 0.125. The van der Waals surface area contributed by atoms with Crippen molar-refractivity contribution in [1.29, 1.82) is 0 Å². The lowest BCUT2D eigenvalue weighted by Gasteiger charge is -2.08. The lowest BCUT2D eigenvalue weighted by atomic mass is 10.2. The van der Waals surface area contributed by atoms with Crippen molar-refractivity contribution in [2.45, 2.75) is 0 Å². The first-order valence-corrected chi connectivity index (χ1v) is 7.00. The molecule has 0 aliphatic rings. The van der Waals surface area contributed by atoms with Gasteiger partial charge in [-0.3, -0.25) is 15.6 Å². The van der Waals surface area contributed by atoms with Crippen LogP contribution in [0, 0.1) is 5.82 Å². The van der Waals surface area contributed by atoms with E-state index in [0.717, 1.165) is 17.0 Å². The standard InChI is InChI=1S/C15H12ClFN4O2/c1-23-15-10(17)6-8(7-18-15)20-21-14(22)13-12(16)9-4-2-3-5-11(9)19-13/h2-7,19-20H,1H3,(H,21,22). The summed E-state index contributed by atoms with van der Waals surface area (Å²) in [5, 5.41) is 1.07. The molecule has 0 bridgehead atoms. The van der Waals surface area contributed by atoms with Gasteiger partial charge in [-0.05, 0) is 6.07 Å². The molecule has 3 rings (SSSR count). The Kier molecular flexibility index (Phi) is 4.03. The first kappa shape index (κ1) is 15.1. The molecule has 0 saturated heterocycles. The van der Waals surface area contributed by atoms with Crippen molar-refractivity contribution in [3.8, 4) is 5.88 Å². The Labute approximate surface area is 135 Å². The summed E-state index contributed by atoms with van der Waals surface area (Å²) in [6.45, 7) is 0. The van der Waals surface area contributed by atoms with Gasteiger partial charge in [-0.15, -0.1) is 0 Å². The number of pyridine rings is 1. The van der Waals surface area contributed by atoms with Gasteiger partial charge in [0.05, 0.1) is 24.0 Å². The lowest BCUT2D eigenvalue weighted by Crippen LogP contribution is -2.30. The third kappa shape index (κ3) is 2.91. The van der Waals surface area contributed by atoms with Crippen LogP contribution in [0.2, 0.25) is 5.02 Å². The Balaban J connectivity index is 1.76. The van der Waals surface area contributed by atoms with Crippen LogP contribution >= 0.6 is 11.6 Å². The van der Waals surface area contributed by atoms with Crippen molar-refractivity contribution in [3.63, 3.8) is 0 Å². The zero-order chi connectivity index (χ0) is 16.4. The maximum absolute atomic E-state index is 13.5. The number of benzene rings is 1. The Morgan fingerprint density at radius 3 is 2.87 bits per heavy atom. The number of H-pyrrole nitrogens is 1. The second-order valence-corrected chi connectivity index (χ2v) is 5.03. The monoisotopic (exact) mass is 334 g/mol. The molecule has 0 aliphatic heterocycles. The van der Waals surface area contributed by atoms with Gasteiger partial charge in [-0.2, -0.15) is 0 Å². The SMILES string of the molecule is COc1ncc(NNC(=O)c2[nH]c3ccccc3c2Cl)cc1F. The highest BCUT2D eigenvalue weighted by atomic mass is 35.5. The van der Waals surface area contributed by atoms with E-state index in [0.29, 0.717) is 5.02 Å². The summed E-state index contributed by atoms with van der Waals surface area (Å²) in [6, 6.07) is 8.43. The molecule has 0 radical (unpaired) electrons. The predicted octanol–water partition coefficient (Wildman–Crippen LogP) is 3.12. The number of nitrogens with zero attached hydrogens (tertiary/aromatic N) is 1. The number of fused-ring (bicyclic) bond motifs is 1. The maximum Gasteiger partial charge on any atom is 0.287 e. The number of aromatic nitrogens is 2. The number of carbonyl (C=O) groups is 1. The van der Waals surface area contributed by atoms with Gasteiger partial charge in [0.2, 0.25) is 5.88 Å². The largest absolute Gasteiger partial charge is 0.479 e. The Morgan fingerprint density at radius 1 is 1.39 bits per heavy atom. The molecule has 0 fully saturated rings. The molecule has 0 aliphatic carbocycles. The molecule has 3 aromatic rings. The number of methoxy groups -OCH3 is 1. The smallest absolute Gasteiger partial charge is 0.287 e. The van der Waals surface area contributed by atoms with Gasteiger partial charge < -0.3 is 9.72 Å². The molecule has 0 atom stereocenters. The molecule has 2 aromatic heterocycles. The summed E-state index contributed by atoms with van der Waals surface area (Å²) in [4.78, 5) is 18.9. The Bertz CT molecular complexity index is 881. The summed E-state index contributed by atoms with van der Waals surface area (Å²) in [7, 11) is 1.32. The number of hydrogen-bond donors (Lipinski definition) is 3. The quantitative estimate of drug-likeness (QED) is 0.640. The van der Waals surface area contributed by atoms with Crippen LogP contribution in [0.4, 0.5) is 10.1 Å². The third-order valence-electron chi connectivity index (χ3n) is 3.19. The van der Waals surface area contributed by atoms with Crippen LogP contribution in [-0.4, -0.2) is 23.0 Å². The van der Waals surface area contributed by atoms with Crippen LogP contribution in [0.1, 0.15) is 10.5 Å². The molecule has 0 spiro atoms. The zero-order valence-electron chi connectivity index (χ0n) is 12.0. The van der Waals surface area contributed by atoms with Crippen molar-refractivity contribution in [3.05, 3.63) is 53.1 Å². The van der Waals surface area contributed by atoms with E-state index in [1.54, 1.807) is 6.07 Å². The normalized spacial score (nSPS) is 10.6. The number of nitrogens with one attached hydrogen (secondary N) is 3. The number of halogens is 2. The van der Waals surface area contributed by atoms with E-state index in [-0.39, 0.29) is 17.3 Å². The van der Waals surface area contributed by atoms with Gasteiger partial charge in [0, 0.05) is 17.0 Å². The minimum atomic E-state index is -0.643. The van der Waals surface area contributed by atoms with Gasteiger partial charge in [0.1, 0.15) is 5.69 Å². The first-order valence-electron chi connectivity index (χ1n) is 6.62. The molecule has 8 heteroatoms. The van der Waals surface area contributed by atoms with E-state index in [4.69, 9.17) is 16.3 Å². The third-order valence-corrected chi connectivity index (χ3v) is 3.58. The van der Waals surface area contributed by atoms with Crippen LogP contribution in [0.3, 0.4) is 0 Å². The van der Waals surface area contributed by atoms with E-state index >= 15 is 0 Å². The van der Waals surface area contributed by atoms with Gasteiger partial charge in [-0.25, -0.2) is 9.37 Å². The number of hydrazine groups is 1. The second-order valence-electron chi connectivity index (χ2n) is 4.65. The summed E-state index contributed by atoms with van der Waals surface area (Å²) in [6.07, 6.45) is 1.33. The molecule has 23 heavy (non-hydrogen) atoms. The number of anilines is 1. The fraction of sp³-hybridized carbons (Fsp3) is 0.0667. The van der Waals surface area contributed by atoms with E-state index in [1.807, 2.05) is 18.2 Å². The molecule has 0 saturated carbocycles. The maximum atomic E-state index is 13.5. The molecule has 1 amide bonds. The van der Waals surface area contributed by atoms with Crippen molar-refractivity contribution in [1.82, 2.24) is 15.4 Å². The highest BCUT2D eigenvalue weighted by Crippen LogP contribution is 2.27. The molecule has 1 aromatic carbocycles. The van der Waals surface area contributed by atoms with Crippen LogP contribution in [0.25, 0.3) is 10.9 Å². The molecule has 2 heterocycles. The summed E-state index contributed by atoms with van der Waals surface area (Å²) in [5.74, 6) is -1.25. The van der Waals surface area contributed by atoms with Crippen molar-refractivity contribution >= 4 is 34.1 Å². The van der Waals surface area contributed by atoms with Gasteiger partial charge in [0.25, 0.3) is 5.91 Å². The average Bonchev–Trinajstić information content (AvgIpc) is 2.90. The molecule has 3 N–H and O–H groups in total. The minimum Gasteiger partial charge on any atom is -0.479 e. The molecule has 6 nitrogen and oxygen atoms in total. The number of ether oxygens (including phenoxy) is 1. The summed E-state index contributed by atoms with van der Waals surface area (Å²) >= 11 is 6.19. The topological polar surface area (TPSA) is 79.0 Å². The number of para-hydroxylation sites is 1. The highest BCUT2D eigenvalue weighted by Gasteiger charge is 2.16. The molecular formula is C15H12ClFN4O2. The lowest BCUT2D eigenvalue weighted by molar-refractivity contribution is 0.0958. The van der Waals surface area contributed by atoms with Crippen molar-refractivity contribution in [2.24, 2.45) is 0 Å². The van der Waals surface area contributed by atoms with Gasteiger partial charge in [-0.1, -0.05) is 29.8 Å². The Morgan fingerprint density at radius 2 is 2.17 bits per heavy atom. The van der Waals surface area contributed by atoms with E-state index < -0.39 is 11.7 Å². The van der Waals surface area contributed by atoms with Crippen LogP contribution < -0.4 is 15.6 Å². The number of rotatable bonds is 4.